The van der Waals surface area contributed by atoms with Gasteiger partial charge in [0.25, 0.3) is 5.91 Å². The Morgan fingerprint density at radius 2 is 1.60 bits per heavy atom. The fourth-order valence-electron chi connectivity index (χ4n) is 1.82. The molecule has 3 nitrogen and oxygen atoms in total. The molecule has 0 N–H and O–H groups in total. The van der Waals surface area contributed by atoms with Gasteiger partial charge in [-0.2, -0.15) is 0 Å². The summed E-state index contributed by atoms with van der Waals surface area (Å²) in [5, 5.41) is 0. The Balaban J connectivity index is 2.11. The van der Waals surface area contributed by atoms with E-state index in [4.69, 9.17) is 0 Å². The lowest BCUT2D eigenvalue weighted by Gasteiger charge is -2.16. The normalized spacial score (nSPS) is 10.1. The van der Waals surface area contributed by atoms with Crippen molar-refractivity contribution in [2.45, 2.75) is 6.42 Å². The second-order valence-electron chi connectivity index (χ2n) is 4.40. The van der Waals surface area contributed by atoms with Gasteiger partial charge < -0.3 is 0 Å². The zero-order valence-electron chi connectivity index (χ0n) is 11.0. The van der Waals surface area contributed by atoms with Crippen LogP contribution in [0.3, 0.4) is 0 Å². The first-order valence-electron chi connectivity index (χ1n) is 6.19. The average Bonchev–Trinajstić information content (AvgIpc) is 2.47. The first-order valence-corrected chi connectivity index (χ1v) is 6.98. The van der Waals surface area contributed by atoms with Crippen LogP contribution in [0.25, 0.3) is 0 Å². The fourth-order valence-corrected chi connectivity index (χ4v) is 2.27. The Morgan fingerprint density at radius 1 is 1.00 bits per heavy atom. The monoisotopic (exact) mass is 331 g/mol. The largest absolute Gasteiger partial charge is 0.281 e. The van der Waals surface area contributed by atoms with Crippen LogP contribution in [0.1, 0.15) is 15.9 Å². The van der Waals surface area contributed by atoms with Crippen molar-refractivity contribution in [3.63, 3.8) is 0 Å². The fraction of sp³-hybridized carbons (Fsp3) is 0.125. The molecule has 0 unspecified atom stereocenters. The summed E-state index contributed by atoms with van der Waals surface area (Å²) in [4.78, 5) is 25.6. The Bertz CT molecular complexity index is 625. The zero-order chi connectivity index (χ0) is 14.5. The van der Waals surface area contributed by atoms with Crippen molar-refractivity contribution >= 4 is 27.7 Å². The molecule has 102 valence electrons. The van der Waals surface area contributed by atoms with E-state index in [1.807, 2.05) is 36.4 Å². The Morgan fingerprint density at radius 3 is 2.25 bits per heavy atom. The summed E-state index contributed by atoms with van der Waals surface area (Å²) in [5.74, 6) is -0.532. The van der Waals surface area contributed by atoms with Gasteiger partial charge in [0, 0.05) is 11.5 Å². The highest BCUT2D eigenvalue weighted by Gasteiger charge is 2.20. The summed E-state index contributed by atoms with van der Waals surface area (Å²) < 4.78 is 0.685. The molecule has 0 radical (unpaired) electrons. The standard InChI is InChI=1S/C16H14BrNO2/c1-18(15(19)11-12-7-3-2-4-8-12)16(20)13-9-5-6-10-14(13)17/h2-10H,11H2,1H3. The molecule has 0 aromatic heterocycles. The first kappa shape index (κ1) is 14.5. The second-order valence-corrected chi connectivity index (χ2v) is 5.25. The molecule has 2 aromatic carbocycles. The number of imide groups is 1. The number of hydrogen-bond acceptors (Lipinski definition) is 2. The number of hydrogen-bond donors (Lipinski definition) is 0. The Labute approximate surface area is 126 Å². The zero-order valence-corrected chi connectivity index (χ0v) is 12.6. The number of amides is 2. The summed E-state index contributed by atoms with van der Waals surface area (Å²) in [7, 11) is 1.51. The van der Waals surface area contributed by atoms with Crippen LogP contribution in [0.4, 0.5) is 0 Å². The molecule has 0 bridgehead atoms. The van der Waals surface area contributed by atoms with E-state index in [-0.39, 0.29) is 18.2 Å². The molecule has 0 atom stereocenters. The minimum absolute atomic E-state index is 0.216. The van der Waals surface area contributed by atoms with E-state index in [1.165, 1.54) is 7.05 Å². The van der Waals surface area contributed by atoms with E-state index in [2.05, 4.69) is 15.9 Å². The lowest BCUT2D eigenvalue weighted by Crippen LogP contribution is -2.34. The molecule has 0 aliphatic rings. The molecule has 2 aromatic rings. The molecule has 0 fully saturated rings. The van der Waals surface area contributed by atoms with Crippen LogP contribution in [0, 0.1) is 0 Å². The SMILES string of the molecule is CN(C(=O)Cc1ccccc1)C(=O)c1ccccc1Br. The van der Waals surface area contributed by atoms with Crippen LogP contribution in [-0.4, -0.2) is 23.8 Å². The van der Waals surface area contributed by atoms with E-state index in [0.717, 1.165) is 10.5 Å². The number of rotatable bonds is 3. The Hall–Kier alpha value is -1.94. The molecule has 2 rings (SSSR count). The minimum Gasteiger partial charge on any atom is -0.281 e. The summed E-state index contributed by atoms with van der Waals surface area (Å²) in [6.07, 6.45) is 0.216. The highest BCUT2D eigenvalue weighted by Crippen LogP contribution is 2.17. The number of nitrogens with zero attached hydrogens (tertiary/aromatic N) is 1. The van der Waals surface area contributed by atoms with Gasteiger partial charge in [-0.1, -0.05) is 42.5 Å². The van der Waals surface area contributed by atoms with Crippen molar-refractivity contribution in [3.05, 3.63) is 70.2 Å². The molecular weight excluding hydrogens is 318 g/mol. The first-order chi connectivity index (χ1) is 9.59. The number of likely N-dealkylation sites (N-methyl/N-ethyl adjacent to an activating group) is 1. The van der Waals surface area contributed by atoms with Crippen LogP contribution in [0.2, 0.25) is 0 Å². The topological polar surface area (TPSA) is 37.4 Å². The average molecular weight is 332 g/mol. The maximum Gasteiger partial charge on any atom is 0.261 e. The highest BCUT2D eigenvalue weighted by atomic mass is 79.9. The van der Waals surface area contributed by atoms with Crippen molar-refractivity contribution in [3.8, 4) is 0 Å². The predicted octanol–water partition coefficient (Wildman–Crippen LogP) is 3.29. The van der Waals surface area contributed by atoms with E-state index >= 15 is 0 Å². The van der Waals surface area contributed by atoms with Crippen molar-refractivity contribution in [2.24, 2.45) is 0 Å². The van der Waals surface area contributed by atoms with Gasteiger partial charge in [0.1, 0.15) is 0 Å². The third kappa shape index (κ3) is 3.33. The molecule has 0 heterocycles. The van der Waals surface area contributed by atoms with Crippen LogP contribution < -0.4 is 0 Å². The van der Waals surface area contributed by atoms with Gasteiger partial charge in [-0.25, -0.2) is 0 Å². The van der Waals surface area contributed by atoms with Crippen molar-refractivity contribution < 1.29 is 9.59 Å². The van der Waals surface area contributed by atoms with Gasteiger partial charge >= 0.3 is 0 Å². The molecule has 0 aliphatic heterocycles. The van der Waals surface area contributed by atoms with Gasteiger partial charge in [-0.15, -0.1) is 0 Å². The summed E-state index contributed by atoms with van der Waals surface area (Å²) in [5.41, 5.74) is 1.38. The highest BCUT2D eigenvalue weighted by molar-refractivity contribution is 9.10. The van der Waals surface area contributed by atoms with Crippen LogP contribution in [-0.2, 0) is 11.2 Å². The quantitative estimate of drug-likeness (QED) is 0.865. The van der Waals surface area contributed by atoms with Gasteiger partial charge in [0.05, 0.1) is 12.0 Å². The van der Waals surface area contributed by atoms with Gasteiger partial charge in [0.15, 0.2) is 0 Å². The van der Waals surface area contributed by atoms with Crippen molar-refractivity contribution in [1.82, 2.24) is 4.90 Å². The molecule has 2 amide bonds. The molecular formula is C16H14BrNO2. The van der Waals surface area contributed by atoms with E-state index in [1.54, 1.807) is 18.2 Å². The van der Waals surface area contributed by atoms with Crippen LogP contribution >= 0.6 is 15.9 Å². The van der Waals surface area contributed by atoms with Crippen molar-refractivity contribution in [1.29, 1.82) is 0 Å². The maximum absolute atomic E-state index is 12.3. The third-order valence-electron chi connectivity index (χ3n) is 2.98. The molecule has 20 heavy (non-hydrogen) atoms. The molecule has 0 aliphatic carbocycles. The summed E-state index contributed by atoms with van der Waals surface area (Å²) >= 11 is 3.32. The van der Waals surface area contributed by atoms with Crippen LogP contribution in [0.5, 0.6) is 0 Å². The molecule has 0 saturated carbocycles. The van der Waals surface area contributed by atoms with E-state index < -0.39 is 0 Å². The van der Waals surface area contributed by atoms with Crippen molar-refractivity contribution in [2.75, 3.05) is 7.05 Å². The summed E-state index contributed by atoms with van der Waals surface area (Å²) in [6.45, 7) is 0. The Kier molecular flexibility index (Phi) is 4.69. The maximum atomic E-state index is 12.3. The molecule has 0 saturated heterocycles. The van der Waals surface area contributed by atoms with Crippen LogP contribution in [0.15, 0.2) is 59.1 Å². The predicted molar refractivity (Wildman–Crippen MR) is 81.4 cm³/mol. The van der Waals surface area contributed by atoms with Gasteiger partial charge in [0.2, 0.25) is 5.91 Å². The smallest absolute Gasteiger partial charge is 0.261 e. The van der Waals surface area contributed by atoms with Gasteiger partial charge in [-0.3, -0.25) is 14.5 Å². The number of carbonyl (C=O) groups is 2. The lowest BCUT2D eigenvalue weighted by atomic mass is 10.1. The van der Waals surface area contributed by atoms with Gasteiger partial charge in [-0.05, 0) is 33.6 Å². The molecule has 0 spiro atoms. The number of halogens is 1. The second kappa shape index (κ2) is 6.48. The minimum atomic E-state index is -0.307. The van der Waals surface area contributed by atoms with E-state index in [0.29, 0.717) is 10.0 Å². The number of benzene rings is 2. The third-order valence-corrected chi connectivity index (χ3v) is 3.67. The molecule has 4 heteroatoms. The lowest BCUT2D eigenvalue weighted by molar-refractivity contribution is -0.126. The van der Waals surface area contributed by atoms with E-state index in [9.17, 15) is 9.59 Å². The number of carbonyl (C=O) groups excluding carboxylic acids is 2. The summed E-state index contributed by atoms with van der Waals surface area (Å²) in [6, 6.07) is 16.4.